The van der Waals surface area contributed by atoms with Gasteiger partial charge < -0.3 is 25.5 Å². The molecule has 0 spiro atoms. The Morgan fingerprint density at radius 1 is 1.12 bits per heavy atom. The van der Waals surface area contributed by atoms with Gasteiger partial charge in [-0.15, -0.1) is 0 Å². The summed E-state index contributed by atoms with van der Waals surface area (Å²) < 4.78 is 7.48. The first-order chi connectivity index (χ1) is 15.5. The molecular weight excluding hydrogens is 422 g/mol. The molecule has 3 aromatic rings. The molecule has 0 fully saturated rings. The van der Waals surface area contributed by atoms with Gasteiger partial charge in [0.15, 0.2) is 5.60 Å². The van der Waals surface area contributed by atoms with Crippen molar-refractivity contribution in [1.29, 1.82) is 0 Å². The minimum atomic E-state index is -1.25. The van der Waals surface area contributed by atoms with Gasteiger partial charge in [-0.3, -0.25) is 9.59 Å². The molecule has 0 aliphatic heterocycles. The lowest BCUT2D eigenvalue weighted by Crippen LogP contribution is -2.43. The topological polar surface area (TPSA) is 124 Å². The number of hydrogen-bond donors (Lipinski definition) is 3. The second-order valence-electron chi connectivity index (χ2n) is 8.84. The highest BCUT2D eigenvalue weighted by molar-refractivity contribution is 5.98. The van der Waals surface area contributed by atoms with Crippen LogP contribution < -0.4 is 21.3 Å². The number of hydrogen-bond acceptors (Lipinski definition) is 4. The molecule has 2 amide bonds. The zero-order valence-corrected chi connectivity index (χ0v) is 19.2. The van der Waals surface area contributed by atoms with Crippen molar-refractivity contribution in [2.75, 3.05) is 0 Å². The van der Waals surface area contributed by atoms with E-state index in [2.05, 4.69) is 5.32 Å². The molecule has 4 N–H and O–H groups in total. The molecule has 174 valence electrons. The van der Waals surface area contributed by atoms with Crippen LogP contribution in [0, 0.1) is 5.92 Å². The summed E-state index contributed by atoms with van der Waals surface area (Å²) in [4.78, 5) is 36.6. The molecule has 8 heteroatoms. The number of carboxylic acid groups (broad SMARTS) is 1. The van der Waals surface area contributed by atoms with Gasteiger partial charge in [-0.1, -0.05) is 44.2 Å². The largest absolute Gasteiger partial charge is 0.478 e. The number of rotatable bonds is 8. The standard InChI is InChI=1S/C25H29N3O5/c1-15(2)14-28-20(13-27-24(31)32)21(16-8-6-5-7-9-16)19-12-17(10-11-18(19)22(28)29)33-25(3,4)23(26)30/h5-12,15,27H,13-14H2,1-4H3,(H2,26,30)(H,31,32). The SMILES string of the molecule is CC(C)Cn1c(CNC(=O)O)c(-c2ccccc2)c2cc(OC(C)(C)C(N)=O)ccc2c1=O. The van der Waals surface area contributed by atoms with Crippen LogP contribution in [-0.2, 0) is 17.9 Å². The maximum atomic E-state index is 13.5. The molecule has 0 atom stereocenters. The molecular formula is C25H29N3O5. The van der Waals surface area contributed by atoms with Crippen molar-refractivity contribution in [2.45, 2.75) is 46.4 Å². The normalized spacial score (nSPS) is 11.5. The summed E-state index contributed by atoms with van der Waals surface area (Å²) in [5.74, 6) is -0.0856. The Labute approximate surface area is 192 Å². The lowest BCUT2D eigenvalue weighted by atomic mass is 9.96. The van der Waals surface area contributed by atoms with Crippen LogP contribution in [0.4, 0.5) is 4.79 Å². The number of amides is 2. The Morgan fingerprint density at radius 2 is 1.79 bits per heavy atom. The van der Waals surface area contributed by atoms with Crippen molar-refractivity contribution in [2.24, 2.45) is 11.7 Å². The van der Waals surface area contributed by atoms with E-state index in [9.17, 15) is 19.5 Å². The van der Waals surface area contributed by atoms with Crippen LogP contribution in [0.25, 0.3) is 21.9 Å². The molecule has 8 nitrogen and oxygen atoms in total. The van der Waals surface area contributed by atoms with Gasteiger partial charge in [0.2, 0.25) is 0 Å². The average Bonchev–Trinajstić information content (AvgIpc) is 2.74. The predicted molar refractivity (Wildman–Crippen MR) is 127 cm³/mol. The summed E-state index contributed by atoms with van der Waals surface area (Å²) in [5, 5.41) is 12.7. The fraction of sp³-hybridized carbons (Fsp3) is 0.320. The number of carbonyl (C=O) groups excluding carboxylic acids is 1. The van der Waals surface area contributed by atoms with Gasteiger partial charge in [-0.2, -0.15) is 0 Å². The zero-order valence-electron chi connectivity index (χ0n) is 19.2. The smallest absolute Gasteiger partial charge is 0.404 e. The predicted octanol–water partition coefficient (Wildman–Crippen LogP) is 3.73. The summed E-state index contributed by atoms with van der Waals surface area (Å²) in [6.45, 7) is 7.51. The van der Waals surface area contributed by atoms with E-state index in [4.69, 9.17) is 10.5 Å². The molecule has 0 aliphatic carbocycles. The van der Waals surface area contributed by atoms with E-state index in [0.717, 1.165) is 11.1 Å². The molecule has 0 saturated carbocycles. The molecule has 0 radical (unpaired) electrons. The van der Waals surface area contributed by atoms with Crippen LogP contribution in [-0.4, -0.2) is 27.3 Å². The van der Waals surface area contributed by atoms with Gasteiger partial charge in [-0.25, -0.2) is 4.79 Å². The fourth-order valence-corrected chi connectivity index (χ4v) is 3.71. The van der Waals surface area contributed by atoms with E-state index < -0.39 is 17.6 Å². The van der Waals surface area contributed by atoms with Crippen molar-refractivity contribution in [3.63, 3.8) is 0 Å². The Kier molecular flexibility index (Phi) is 6.76. The molecule has 33 heavy (non-hydrogen) atoms. The third-order valence-corrected chi connectivity index (χ3v) is 5.33. The lowest BCUT2D eigenvalue weighted by Gasteiger charge is -2.24. The van der Waals surface area contributed by atoms with Crippen molar-refractivity contribution in [1.82, 2.24) is 9.88 Å². The van der Waals surface area contributed by atoms with Crippen LogP contribution in [0.15, 0.2) is 53.3 Å². The summed E-state index contributed by atoms with van der Waals surface area (Å²) in [5.41, 5.74) is 6.09. The quantitative estimate of drug-likeness (QED) is 0.481. The van der Waals surface area contributed by atoms with Crippen LogP contribution in [0.5, 0.6) is 5.75 Å². The summed E-state index contributed by atoms with van der Waals surface area (Å²) in [6, 6.07) is 14.5. The number of benzene rings is 2. The second kappa shape index (κ2) is 9.36. The Bertz CT molecular complexity index is 1250. The van der Waals surface area contributed by atoms with Crippen LogP contribution in [0.2, 0.25) is 0 Å². The van der Waals surface area contributed by atoms with E-state index in [1.54, 1.807) is 36.6 Å². The Morgan fingerprint density at radius 3 is 2.36 bits per heavy atom. The Balaban J connectivity index is 2.37. The van der Waals surface area contributed by atoms with Crippen molar-refractivity contribution >= 4 is 22.8 Å². The van der Waals surface area contributed by atoms with Crippen LogP contribution in [0.1, 0.15) is 33.4 Å². The van der Waals surface area contributed by atoms with Crippen molar-refractivity contribution in [3.05, 3.63) is 64.6 Å². The number of aromatic nitrogens is 1. The maximum absolute atomic E-state index is 13.5. The van der Waals surface area contributed by atoms with E-state index in [1.165, 1.54) is 0 Å². The first kappa shape index (κ1) is 23.8. The number of pyridine rings is 1. The van der Waals surface area contributed by atoms with Crippen molar-refractivity contribution < 1.29 is 19.4 Å². The van der Waals surface area contributed by atoms with Crippen LogP contribution >= 0.6 is 0 Å². The molecule has 0 aliphatic rings. The molecule has 1 heterocycles. The minimum Gasteiger partial charge on any atom is -0.478 e. The van der Waals surface area contributed by atoms with Gasteiger partial charge in [0, 0.05) is 28.6 Å². The Hall–Kier alpha value is -3.81. The van der Waals surface area contributed by atoms with Gasteiger partial charge in [0.25, 0.3) is 11.5 Å². The first-order valence-electron chi connectivity index (χ1n) is 10.7. The number of nitrogens with two attached hydrogens (primary N) is 1. The highest BCUT2D eigenvalue weighted by atomic mass is 16.5. The molecule has 2 aromatic carbocycles. The van der Waals surface area contributed by atoms with Gasteiger partial charge in [0.1, 0.15) is 5.75 Å². The molecule has 0 unspecified atom stereocenters. The number of nitrogens with zero attached hydrogens (tertiary/aromatic N) is 1. The highest BCUT2D eigenvalue weighted by Gasteiger charge is 2.28. The van der Waals surface area contributed by atoms with E-state index in [-0.39, 0.29) is 18.0 Å². The third kappa shape index (κ3) is 5.16. The second-order valence-corrected chi connectivity index (χ2v) is 8.84. The number of carbonyl (C=O) groups is 2. The number of nitrogens with one attached hydrogen (secondary N) is 1. The van der Waals surface area contributed by atoms with E-state index >= 15 is 0 Å². The highest BCUT2D eigenvalue weighted by Crippen LogP contribution is 2.34. The van der Waals surface area contributed by atoms with Gasteiger partial charge >= 0.3 is 6.09 Å². The summed E-state index contributed by atoms with van der Waals surface area (Å²) >= 11 is 0. The number of primary amides is 1. The molecule has 0 saturated heterocycles. The molecule has 0 bridgehead atoms. The van der Waals surface area contributed by atoms with Crippen molar-refractivity contribution in [3.8, 4) is 16.9 Å². The van der Waals surface area contributed by atoms with Gasteiger partial charge in [0.05, 0.1) is 6.54 Å². The zero-order chi connectivity index (χ0) is 24.3. The van der Waals surface area contributed by atoms with E-state index in [1.807, 2.05) is 44.2 Å². The number of fused-ring (bicyclic) bond motifs is 1. The fourth-order valence-electron chi connectivity index (χ4n) is 3.71. The molecule has 1 aromatic heterocycles. The van der Waals surface area contributed by atoms with E-state index in [0.29, 0.717) is 28.8 Å². The number of ether oxygens (including phenoxy) is 1. The summed E-state index contributed by atoms with van der Waals surface area (Å²) in [6.07, 6.45) is -1.18. The average molecular weight is 452 g/mol. The van der Waals surface area contributed by atoms with Gasteiger partial charge in [-0.05, 0) is 43.5 Å². The summed E-state index contributed by atoms with van der Waals surface area (Å²) in [7, 11) is 0. The first-order valence-corrected chi connectivity index (χ1v) is 10.7. The molecule has 3 rings (SSSR count). The minimum absolute atomic E-state index is 0.0463. The van der Waals surface area contributed by atoms with Crippen LogP contribution in [0.3, 0.4) is 0 Å². The monoisotopic (exact) mass is 451 g/mol. The maximum Gasteiger partial charge on any atom is 0.404 e. The lowest BCUT2D eigenvalue weighted by molar-refractivity contribution is -0.130. The third-order valence-electron chi connectivity index (χ3n) is 5.33.